The molecule has 0 aliphatic heterocycles. The molecule has 4 atom stereocenters. The van der Waals surface area contributed by atoms with Crippen LogP contribution in [-0.2, 0) is 0 Å². The van der Waals surface area contributed by atoms with Gasteiger partial charge in [-0.1, -0.05) is 51.1 Å². The van der Waals surface area contributed by atoms with Crippen LogP contribution in [-0.4, -0.2) is 17.7 Å². The molecule has 2 saturated carbocycles. The zero-order valence-electron chi connectivity index (χ0n) is 12.9. The predicted octanol–water partition coefficient (Wildman–Crippen LogP) is 3.52. The van der Waals surface area contributed by atoms with E-state index in [0.717, 1.165) is 11.5 Å². The van der Waals surface area contributed by atoms with Gasteiger partial charge in [-0.05, 0) is 41.6 Å². The molecular formula is C18H27NO. The van der Waals surface area contributed by atoms with E-state index in [1.165, 1.54) is 19.3 Å². The summed E-state index contributed by atoms with van der Waals surface area (Å²) in [5.74, 6) is 0.846. The third-order valence-corrected chi connectivity index (χ3v) is 6.54. The molecule has 0 saturated heterocycles. The molecule has 0 radical (unpaired) electrons. The monoisotopic (exact) mass is 273 g/mol. The van der Waals surface area contributed by atoms with Crippen LogP contribution in [0.2, 0.25) is 0 Å². The first-order chi connectivity index (χ1) is 9.45. The lowest BCUT2D eigenvalue weighted by Gasteiger charge is -2.40. The van der Waals surface area contributed by atoms with E-state index in [-0.39, 0.29) is 0 Å². The summed E-state index contributed by atoms with van der Waals surface area (Å²) < 4.78 is 0. The molecule has 3 rings (SSSR count). The topological polar surface area (TPSA) is 32.3 Å². The van der Waals surface area contributed by atoms with Crippen molar-refractivity contribution in [3.63, 3.8) is 0 Å². The molecule has 2 N–H and O–H groups in total. The number of aliphatic hydroxyl groups excluding tert-OH is 1. The number of benzene rings is 1. The number of rotatable bonds is 4. The van der Waals surface area contributed by atoms with Crippen LogP contribution in [0.5, 0.6) is 0 Å². The largest absolute Gasteiger partial charge is 0.387 e. The highest BCUT2D eigenvalue weighted by Crippen LogP contribution is 2.65. The number of nitrogens with one attached hydrogen (secondary N) is 1. The highest BCUT2D eigenvalue weighted by molar-refractivity contribution is 5.18. The Hall–Kier alpha value is -0.860. The van der Waals surface area contributed by atoms with Crippen LogP contribution in [0.3, 0.4) is 0 Å². The molecule has 2 fully saturated rings. The van der Waals surface area contributed by atoms with Crippen LogP contribution in [0.25, 0.3) is 0 Å². The molecule has 2 nitrogen and oxygen atoms in total. The van der Waals surface area contributed by atoms with Crippen molar-refractivity contribution in [1.29, 1.82) is 0 Å². The third kappa shape index (κ3) is 2.01. The van der Waals surface area contributed by atoms with E-state index in [0.29, 0.717) is 23.4 Å². The van der Waals surface area contributed by atoms with Gasteiger partial charge >= 0.3 is 0 Å². The summed E-state index contributed by atoms with van der Waals surface area (Å²) >= 11 is 0. The zero-order valence-corrected chi connectivity index (χ0v) is 12.9. The van der Waals surface area contributed by atoms with E-state index in [4.69, 9.17) is 0 Å². The maximum Gasteiger partial charge on any atom is 0.0914 e. The molecule has 0 spiro atoms. The minimum absolute atomic E-state index is 0.383. The van der Waals surface area contributed by atoms with Crippen LogP contribution < -0.4 is 5.32 Å². The van der Waals surface area contributed by atoms with E-state index < -0.39 is 6.10 Å². The summed E-state index contributed by atoms with van der Waals surface area (Å²) in [6, 6.07) is 10.5. The first-order valence-electron chi connectivity index (χ1n) is 7.91. The van der Waals surface area contributed by atoms with Crippen LogP contribution in [0.4, 0.5) is 0 Å². The number of hydrogen-bond donors (Lipinski definition) is 2. The van der Waals surface area contributed by atoms with Gasteiger partial charge in [0.05, 0.1) is 6.10 Å². The number of aliphatic hydroxyl groups is 1. The second-order valence-electron chi connectivity index (χ2n) is 7.50. The lowest BCUT2D eigenvalue weighted by molar-refractivity contribution is 0.105. The van der Waals surface area contributed by atoms with Crippen molar-refractivity contribution < 1.29 is 5.11 Å². The SMILES string of the molecule is CC1(C)[C@H]2CC[C@]1(C)[C@@H](NC[C@H](O)c1ccccc1)C2. The summed E-state index contributed by atoms with van der Waals surface area (Å²) in [6.45, 7) is 7.96. The summed E-state index contributed by atoms with van der Waals surface area (Å²) in [4.78, 5) is 0. The maximum absolute atomic E-state index is 10.3. The van der Waals surface area contributed by atoms with Gasteiger partial charge < -0.3 is 10.4 Å². The van der Waals surface area contributed by atoms with Gasteiger partial charge in [0, 0.05) is 12.6 Å². The molecule has 0 heterocycles. The minimum Gasteiger partial charge on any atom is -0.387 e. The molecule has 2 heteroatoms. The molecule has 0 unspecified atom stereocenters. The van der Waals surface area contributed by atoms with Crippen molar-refractivity contribution in [3.8, 4) is 0 Å². The summed E-state index contributed by atoms with van der Waals surface area (Å²) in [5, 5.41) is 14.0. The van der Waals surface area contributed by atoms with Crippen molar-refractivity contribution in [2.24, 2.45) is 16.7 Å². The second-order valence-corrected chi connectivity index (χ2v) is 7.50. The molecule has 20 heavy (non-hydrogen) atoms. The molecule has 2 aliphatic rings. The summed E-state index contributed by atoms with van der Waals surface area (Å²) in [6.07, 6.45) is 3.57. The Bertz CT molecular complexity index is 470. The van der Waals surface area contributed by atoms with Gasteiger partial charge in [-0.2, -0.15) is 0 Å². The van der Waals surface area contributed by atoms with Gasteiger partial charge in [-0.15, -0.1) is 0 Å². The fourth-order valence-electron chi connectivity index (χ4n) is 4.56. The molecule has 1 aromatic carbocycles. The fourth-order valence-corrected chi connectivity index (χ4v) is 4.56. The lowest BCUT2D eigenvalue weighted by Crippen LogP contribution is -2.45. The third-order valence-electron chi connectivity index (χ3n) is 6.54. The molecular weight excluding hydrogens is 246 g/mol. The van der Waals surface area contributed by atoms with E-state index in [9.17, 15) is 5.11 Å². The zero-order chi connectivity index (χ0) is 14.4. The first kappa shape index (κ1) is 14.1. The molecule has 2 bridgehead atoms. The van der Waals surface area contributed by atoms with Gasteiger partial charge in [0.15, 0.2) is 0 Å². The Labute approximate surface area is 122 Å². The van der Waals surface area contributed by atoms with Crippen LogP contribution in [0.1, 0.15) is 51.7 Å². The second kappa shape index (κ2) is 4.85. The Morgan fingerprint density at radius 1 is 1.25 bits per heavy atom. The van der Waals surface area contributed by atoms with Gasteiger partial charge in [-0.25, -0.2) is 0 Å². The van der Waals surface area contributed by atoms with E-state index in [1.807, 2.05) is 30.3 Å². The molecule has 0 amide bonds. The van der Waals surface area contributed by atoms with Crippen molar-refractivity contribution >= 4 is 0 Å². The average molecular weight is 273 g/mol. The Morgan fingerprint density at radius 3 is 2.50 bits per heavy atom. The smallest absolute Gasteiger partial charge is 0.0914 e. The minimum atomic E-state index is -0.401. The van der Waals surface area contributed by atoms with Gasteiger partial charge in [0.2, 0.25) is 0 Å². The molecule has 2 aliphatic carbocycles. The number of hydrogen-bond acceptors (Lipinski definition) is 2. The van der Waals surface area contributed by atoms with Crippen LogP contribution in [0.15, 0.2) is 30.3 Å². The highest BCUT2D eigenvalue weighted by Gasteiger charge is 2.60. The van der Waals surface area contributed by atoms with Crippen LogP contribution >= 0.6 is 0 Å². The van der Waals surface area contributed by atoms with Crippen molar-refractivity contribution in [1.82, 2.24) is 5.32 Å². The molecule has 110 valence electrons. The Balaban J connectivity index is 1.63. The maximum atomic E-state index is 10.3. The normalized spacial score (nSPS) is 36.2. The van der Waals surface area contributed by atoms with Crippen molar-refractivity contribution in [3.05, 3.63) is 35.9 Å². The van der Waals surface area contributed by atoms with Crippen LogP contribution in [0, 0.1) is 16.7 Å². The van der Waals surface area contributed by atoms with E-state index in [1.54, 1.807) is 0 Å². The van der Waals surface area contributed by atoms with Gasteiger partial charge in [-0.3, -0.25) is 0 Å². The first-order valence-corrected chi connectivity index (χ1v) is 7.91. The average Bonchev–Trinajstić information content (AvgIpc) is 2.78. The standard InChI is InChI=1S/C18H27NO/c1-17(2)14-9-10-18(17,3)16(11-14)19-12-15(20)13-7-5-4-6-8-13/h4-8,14-16,19-20H,9-12H2,1-3H3/t14-,15-,16-,18+/m0/s1. The Kier molecular flexibility index (Phi) is 3.42. The number of fused-ring (bicyclic) bond motifs is 2. The van der Waals surface area contributed by atoms with Crippen molar-refractivity contribution in [2.75, 3.05) is 6.54 Å². The van der Waals surface area contributed by atoms with Crippen molar-refractivity contribution in [2.45, 2.75) is 52.2 Å². The van der Waals surface area contributed by atoms with Gasteiger partial charge in [0.25, 0.3) is 0 Å². The quantitative estimate of drug-likeness (QED) is 0.879. The predicted molar refractivity (Wildman–Crippen MR) is 82.4 cm³/mol. The fraction of sp³-hybridized carbons (Fsp3) is 0.667. The highest BCUT2D eigenvalue weighted by atomic mass is 16.3. The molecule has 0 aromatic heterocycles. The lowest BCUT2D eigenvalue weighted by atomic mass is 9.69. The Morgan fingerprint density at radius 2 is 1.95 bits per heavy atom. The van der Waals surface area contributed by atoms with E-state index >= 15 is 0 Å². The van der Waals surface area contributed by atoms with E-state index in [2.05, 4.69) is 26.1 Å². The summed E-state index contributed by atoms with van der Waals surface area (Å²) in [7, 11) is 0. The van der Waals surface area contributed by atoms with Gasteiger partial charge in [0.1, 0.15) is 0 Å². The molecule has 1 aromatic rings. The summed E-state index contributed by atoms with van der Waals surface area (Å²) in [5.41, 5.74) is 1.82.